The molecule has 0 saturated heterocycles. The van der Waals surface area contributed by atoms with Crippen LogP contribution in [-0.2, 0) is 6.42 Å². The molecule has 0 aliphatic carbocycles. The molecule has 2 rings (SSSR count). The number of aromatic nitrogens is 1. The number of hydrogen-bond acceptors (Lipinski definition) is 5. The number of halogens is 1. The van der Waals surface area contributed by atoms with Gasteiger partial charge in [-0.15, -0.1) is 0 Å². The van der Waals surface area contributed by atoms with E-state index in [0.717, 1.165) is 5.56 Å². The third-order valence-electron chi connectivity index (χ3n) is 3.04. The molecule has 2 aromatic rings. The first-order valence-electron chi connectivity index (χ1n) is 6.17. The van der Waals surface area contributed by atoms with Gasteiger partial charge in [0.25, 0.3) is 0 Å². The van der Waals surface area contributed by atoms with E-state index >= 15 is 0 Å². The fourth-order valence-corrected chi connectivity index (χ4v) is 2.36. The lowest BCUT2D eigenvalue weighted by Crippen LogP contribution is -1.97. The normalized spacial score (nSPS) is 10.5. The van der Waals surface area contributed by atoms with E-state index in [1.165, 1.54) is 20.3 Å². The minimum absolute atomic E-state index is 0.205. The molecular formula is C14H14ClNO5. The maximum Gasteiger partial charge on any atom is 0.358 e. The minimum Gasteiger partial charge on any atom is -0.493 e. The zero-order chi connectivity index (χ0) is 15.6. The summed E-state index contributed by atoms with van der Waals surface area (Å²) >= 11 is 6.37. The van der Waals surface area contributed by atoms with Crippen molar-refractivity contribution >= 4 is 17.6 Å². The molecule has 0 spiro atoms. The third kappa shape index (κ3) is 2.67. The summed E-state index contributed by atoms with van der Waals surface area (Å²) in [5, 5.41) is 12.8. The van der Waals surface area contributed by atoms with Gasteiger partial charge in [0, 0.05) is 6.07 Å². The lowest BCUT2D eigenvalue weighted by Gasteiger charge is -2.15. The molecule has 0 atom stereocenters. The van der Waals surface area contributed by atoms with Crippen molar-refractivity contribution in [3.05, 3.63) is 28.4 Å². The summed E-state index contributed by atoms with van der Waals surface area (Å²) < 4.78 is 15.7. The number of methoxy groups -OCH3 is 2. The van der Waals surface area contributed by atoms with Gasteiger partial charge >= 0.3 is 5.97 Å². The van der Waals surface area contributed by atoms with Gasteiger partial charge in [-0.3, -0.25) is 0 Å². The van der Waals surface area contributed by atoms with E-state index in [1.54, 1.807) is 6.07 Å². The zero-order valence-electron chi connectivity index (χ0n) is 11.8. The average Bonchev–Trinajstić information content (AvgIpc) is 2.96. The lowest BCUT2D eigenvalue weighted by molar-refractivity contribution is 0.0686. The topological polar surface area (TPSA) is 81.8 Å². The highest BCUT2D eigenvalue weighted by atomic mass is 35.5. The summed E-state index contributed by atoms with van der Waals surface area (Å²) in [5.41, 5.74) is 1.05. The van der Waals surface area contributed by atoms with Crippen LogP contribution in [0.4, 0.5) is 0 Å². The van der Waals surface area contributed by atoms with Crippen LogP contribution in [0.1, 0.15) is 23.0 Å². The number of benzene rings is 1. The van der Waals surface area contributed by atoms with E-state index in [1.807, 2.05) is 6.92 Å². The van der Waals surface area contributed by atoms with Gasteiger partial charge in [0.15, 0.2) is 23.0 Å². The molecular weight excluding hydrogens is 298 g/mol. The first-order chi connectivity index (χ1) is 10.0. The van der Waals surface area contributed by atoms with Crippen LogP contribution in [0.25, 0.3) is 11.3 Å². The number of rotatable bonds is 5. The lowest BCUT2D eigenvalue weighted by atomic mass is 10.0. The molecule has 0 radical (unpaired) electrons. The van der Waals surface area contributed by atoms with E-state index in [9.17, 15) is 4.79 Å². The number of nitrogens with zero attached hydrogens (tertiary/aromatic N) is 1. The highest BCUT2D eigenvalue weighted by Gasteiger charge is 2.23. The Labute approximate surface area is 126 Å². The smallest absolute Gasteiger partial charge is 0.358 e. The van der Waals surface area contributed by atoms with Crippen LogP contribution in [-0.4, -0.2) is 30.5 Å². The van der Waals surface area contributed by atoms with E-state index in [2.05, 4.69) is 5.16 Å². The standard InChI is InChI=1S/C14H14ClNO5/c1-4-7-5-10(19-2)13(20-3)11(12(7)15)9-6-8(14(17)18)16-21-9/h5-6H,4H2,1-3H3,(H,17,18). The predicted octanol–water partition coefficient (Wildman–Crippen LogP) is 3.27. The second-order valence-corrected chi connectivity index (χ2v) is 4.57. The molecule has 7 heteroatoms. The van der Waals surface area contributed by atoms with Gasteiger partial charge in [-0.2, -0.15) is 0 Å². The number of aromatic carboxylic acids is 1. The summed E-state index contributed by atoms with van der Waals surface area (Å²) in [6, 6.07) is 3.07. The van der Waals surface area contributed by atoms with Crippen molar-refractivity contribution in [2.24, 2.45) is 0 Å². The summed E-state index contributed by atoms with van der Waals surface area (Å²) in [4.78, 5) is 10.9. The number of carboxylic acids is 1. The largest absolute Gasteiger partial charge is 0.493 e. The third-order valence-corrected chi connectivity index (χ3v) is 3.47. The fraction of sp³-hybridized carbons (Fsp3) is 0.286. The summed E-state index contributed by atoms with van der Waals surface area (Å²) in [5.74, 6) is -0.114. The second-order valence-electron chi connectivity index (χ2n) is 4.20. The van der Waals surface area contributed by atoms with Gasteiger partial charge in [-0.25, -0.2) is 4.79 Å². The Balaban J connectivity index is 2.72. The highest BCUT2D eigenvalue weighted by molar-refractivity contribution is 6.34. The van der Waals surface area contributed by atoms with Crippen LogP contribution in [0.3, 0.4) is 0 Å². The van der Waals surface area contributed by atoms with Crippen molar-refractivity contribution in [3.63, 3.8) is 0 Å². The van der Waals surface area contributed by atoms with Crippen molar-refractivity contribution in [1.29, 1.82) is 0 Å². The molecule has 0 aliphatic heterocycles. The quantitative estimate of drug-likeness (QED) is 0.912. The molecule has 0 saturated carbocycles. The SMILES string of the molecule is CCc1cc(OC)c(OC)c(-c2cc(C(=O)O)no2)c1Cl. The number of ether oxygens (including phenoxy) is 2. The van der Waals surface area contributed by atoms with Crippen LogP contribution in [0.15, 0.2) is 16.7 Å². The maximum atomic E-state index is 10.9. The van der Waals surface area contributed by atoms with E-state index in [-0.39, 0.29) is 11.5 Å². The van der Waals surface area contributed by atoms with Crippen molar-refractivity contribution < 1.29 is 23.9 Å². The van der Waals surface area contributed by atoms with Crippen LogP contribution < -0.4 is 9.47 Å². The van der Waals surface area contributed by atoms with Crippen molar-refractivity contribution in [3.8, 4) is 22.8 Å². The predicted molar refractivity (Wildman–Crippen MR) is 76.4 cm³/mol. The van der Waals surface area contributed by atoms with Gasteiger partial charge in [0.1, 0.15) is 0 Å². The first-order valence-corrected chi connectivity index (χ1v) is 6.55. The molecule has 112 valence electrons. The Kier molecular flexibility index (Phi) is 4.37. The fourth-order valence-electron chi connectivity index (χ4n) is 2.00. The van der Waals surface area contributed by atoms with Gasteiger partial charge in [0.05, 0.1) is 24.8 Å². The van der Waals surface area contributed by atoms with E-state index < -0.39 is 5.97 Å². The highest BCUT2D eigenvalue weighted by Crippen LogP contribution is 2.45. The van der Waals surface area contributed by atoms with Crippen LogP contribution >= 0.6 is 11.6 Å². The van der Waals surface area contributed by atoms with E-state index in [4.69, 9.17) is 30.7 Å². The van der Waals surface area contributed by atoms with Crippen molar-refractivity contribution in [2.45, 2.75) is 13.3 Å². The zero-order valence-corrected chi connectivity index (χ0v) is 12.5. The van der Waals surface area contributed by atoms with Crippen LogP contribution in [0.5, 0.6) is 11.5 Å². The van der Waals surface area contributed by atoms with Crippen molar-refractivity contribution in [1.82, 2.24) is 5.16 Å². The molecule has 21 heavy (non-hydrogen) atoms. The van der Waals surface area contributed by atoms with E-state index in [0.29, 0.717) is 28.5 Å². The molecule has 1 N–H and O–H groups in total. The molecule has 0 fully saturated rings. The van der Waals surface area contributed by atoms with Gasteiger partial charge in [0.2, 0.25) is 0 Å². The molecule has 1 aromatic heterocycles. The van der Waals surface area contributed by atoms with Crippen LogP contribution in [0, 0.1) is 0 Å². The monoisotopic (exact) mass is 311 g/mol. The summed E-state index contributed by atoms with van der Waals surface area (Å²) in [6.07, 6.45) is 0.673. The maximum absolute atomic E-state index is 10.9. The van der Waals surface area contributed by atoms with Gasteiger partial charge in [-0.1, -0.05) is 23.7 Å². The Morgan fingerprint density at radius 2 is 2.10 bits per heavy atom. The Morgan fingerprint density at radius 3 is 2.57 bits per heavy atom. The number of carbonyl (C=O) groups is 1. The Hall–Kier alpha value is -2.21. The molecule has 0 bridgehead atoms. The van der Waals surface area contributed by atoms with Gasteiger partial charge < -0.3 is 19.1 Å². The molecule has 6 nitrogen and oxygen atoms in total. The molecule has 0 unspecified atom stereocenters. The minimum atomic E-state index is -1.18. The number of aryl methyl sites for hydroxylation is 1. The first kappa shape index (κ1) is 15.2. The van der Waals surface area contributed by atoms with Crippen molar-refractivity contribution in [2.75, 3.05) is 14.2 Å². The van der Waals surface area contributed by atoms with Crippen LogP contribution in [0.2, 0.25) is 5.02 Å². The van der Waals surface area contributed by atoms with Gasteiger partial charge in [-0.05, 0) is 18.1 Å². The molecule has 0 amide bonds. The summed E-state index contributed by atoms with van der Waals surface area (Å²) in [6.45, 7) is 1.94. The molecule has 1 aromatic carbocycles. The Bertz CT molecular complexity index is 680. The average molecular weight is 312 g/mol. The molecule has 1 heterocycles. The second kappa shape index (κ2) is 6.05. The number of hydrogen-bond donors (Lipinski definition) is 1. The molecule has 0 aliphatic rings. The number of carboxylic acid groups (broad SMARTS) is 1. The Morgan fingerprint density at radius 1 is 1.38 bits per heavy atom. The summed E-state index contributed by atoms with van der Waals surface area (Å²) in [7, 11) is 2.98.